The highest BCUT2D eigenvalue weighted by molar-refractivity contribution is 5.73. The lowest BCUT2D eigenvalue weighted by molar-refractivity contribution is -0.145. The van der Waals surface area contributed by atoms with Gasteiger partial charge in [-0.3, -0.25) is 9.80 Å². The molecule has 0 bridgehead atoms. The van der Waals surface area contributed by atoms with E-state index in [0.717, 1.165) is 25.9 Å². The van der Waals surface area contributed by atoms with Crippen molar-refractivity contribution < 1.29 is 27.8 Å². The number of carboxylic acids is 1. The van der Waals surface area contributed by atoms with Crippen molar-refractivity contribution in [1.82, 2.24) is 5.43 Å². The predicted octanol–water partition coefficient (Wildman–Crippen LogP) is 5.05. The van der Waals surface area contributed by atoms with E-state index in [2.05, 4.69) is 29.4 Å². The molecule has 0 spiro atoms. The molecule has 182 valence electrons. The average molecular weight is 476 g/mol. The van der Waals surface area contributed by atoms with E-state index in [9.17, 15) is 23.1 Å². The number of rotatable bonds is 6. The molecular formula is C25H28F3N3O3. The van der Waals surface area contributed by atoms with Crippen LogP contribution in [0.5, 0.6) is 5.75 Å². The number of carboxylic acid groups (broad SMARTS) is 1. The quantitative estimate of drug-likeness (QED) is 0.610. The van der Waals surface area contributed by atoms with Crippen molar-refractivity contribution in [3.63, 3.8) is 0 Å². The molecule has 9 heteroatoms. The summed E-state index contributed by atoms with van der Waals surface area (Å²) < 4.78 is 46.3. The molecule has 34 heavy (non-hydrogen) atoms. The average Bonchev–Trinajstić information content (AvgIpc) is 3.11. The number of nitrogens with zero attached hydrogens (tertiary/aromatic N) is 2. The molecule has 1 saturated heterocycles. The molecule has 2 N–H and O–H groups in total. The van der Waals surface area contributed by atoms with Crippen LogP contribution >= 0.6 is 0 Å². The summed E-state index contributed by atoms with van der Waals surface area (Å²) in [6.45, 7) is 5.17. The van der Waals surface area contributed by atoms with Crippen molar-refractivity contribution in [3.8, 4) is 5.75 Å². The van der Waals surface area contributed by atoms with E-state index in [4.69, 9.17) is 4.74 Å². The first-order chi connectivity index (χ1) is 16.1. The second kappa shape index (κ2) is 9.58. The highest BCUT2D eigenvalue weighted by atomic mass is 19.4. The molecule has 0 aliphatic carbocycles. The molecule has 0 amide bonds. The van der Waals surface area contributed by atoms with Crippen molar-refractivity contribution in [2.75, 3.05) is 23.0 Å². The summed E-state index contributed by atoms with van der Waals surface area (Å²) >= 11 is 0. The lowest BCUT2D eigenvalue weighted by atomic mass is 10.1. The van der Waals surface area contributed by atoms with Crippen LogP contribution in [0.1, 0.15) is 31.7 Å². The first kappa shape index (κ1) is 23.9. The normalized spacial score (nSPS) is 19.6. The summed E-state index contributed by atoms with van der Waals surface area (Å²) in [5.74, 6) is -0.564. The number of halogens is 3. The monoisotopic (exact) mass is 475 g/mol. The molecule has 4 rings (SSSR count). The van der Waals surface area contributed by atoms with Gasteiger partial charge in [0.15, 0.2) is 0 Å². The van der Waals surface area contributed by atoms with Gasteiger partial charge >= 0.3 is 12.1 Å². The number of hydrazine groups is 1. The maximum absolute atomic E-state index is 13.4. The number of hydrogen-bond acceptors (Lipinski definition) is 5. The standard InChI is InChI=1S/C25H28F3N3O3/c1-16-5-3-4-6-21(16)30-13-11-20(12-14-30)34-19-9-7-18(8-10-19)31-22(15-23(32)33)17(2)24(29-31)25(26,27)28/h3-10,20,24,29H,11-15H2,1-2H3,(H,32,33). The fourth-order valence-electron chi connectivity index (χ4n) is 4.56. The van der Waals surface area contributed by atoms with Crippen LogP contribution in [0, 0.1) is 6.92 Å². The molecule has 2 aromatic carbocycles. The molecule has 1 fully saturated rings. The number of aliphatic carboxylic acids is 1. The van der Waals surface area contributed by atoms with Crippen molar-refractivity contribution in [2.45, 2.75) is 51.4 Å². The molecule has 1 unspecified atom stereocenters. The summed E-state index contributed by atoms with van der Waals surface area (Å²) in [6.07, 6.45) is -3.26. The van der Waals surface area contributed by atoms with Gasteiger partial charge in [0.05, 0.1) is 12.1 Å². The molecule has 2 aromatic rings. The van der Waals surface area contributed by atoms with Crippen LogP contribution in [0.4, 0.5) is 24.5 Å². The second-order valence-electron chi connectivity index (χ2n) is 8.72. The Morgan fingerprint density at radius 1 is 1.09 bits per heavy atom. The lowest BCUT2D eigenvalue weighted by Gasteiger charge is -2.34. The van der Waals surface area contributed by atoms with E-state index in [-0.39, 0.29) is 17.4 Å². The van der Waals surface area contributed by atoms with Crippen LogP contribution in [-0.4, -0.2) is 42.5 Å². The third kappa shape index (κ3) is 5.14. The minimum Gasteiger partial charge on any atom is -0.490 e. The summed E-state index contributed by atoms with van der Waals surface area (Å²) in [6, 6.07) is 13.1. The van der Waals surface area contributed by atoms with Crippen LogP contribution in [0.25, 0.3) is 0 Å². The third-order valence-electron chi connectivity index (χ3n) is 6.36. The molecule has 0 aromatic heterocycles. The van der Waals surface area contributed by atoms with E-state index < -0.39 is 24.6 Å². The number of aryl methyl sites for hydroxylation is 1. The van der Waals surface area contributed by atoms with Gasteiger partial charge in [-0.1, -0.05) is 18.2 Å². The third-order valence-corrected chi connectivity index (χ3v) is 6.36. The van der Waals surface area contributed by atoms with Crippen LogP contribution < -0.4 is 20.1 Å². The summed E-state index contributed by atoms with van der Waals surface area (Å²) in [5, 5.41) is 10.4. The zero-order valence-electron chi connectivity index (χ0n) is 19.1. The molecule has 0 saturated carbocycles. The molecule has 2 heterocycles. The Balaban J connectivity index is 1.40. The smallest absolute Gasteiger partial charge is 0.409 e. The fraction of sp³-hybridized carbons (Fsp3) is 0.400. The number of anilines is 2. The van der Waals surface area contributed by atoms with Crippen LogP contribution in [0.15, 0.2) is 59.8 Å². The van der Waals surface area contributed by atoms with Crippen molar-refractivity contribution in [1.29, 1.82) is 0 Å². The number of alkyl halides is 3. The van der Waals surface area contributed by atoms with Crippen molar-refractivity contribution in [2.24, 2.45) is 0 Å². The van der Waals surface area contributed by atoms with Gasteiger partial charge < -0.3 is 14.7 Å². The summed E-state index contributed by atoms with van der Waals surface area (Å²) in [5.41, 5.74) is 5.35. The minimum atomic E-state index is -4.53. The first-order valence-electron chi connectivity index (χ1n) is 11.2. The first-order valence-corrected chi connectivity index (χ1v) is 11.2. The maximum Gasteiger partial charge on any atom is 0.409 e. The van der Waals surface area contributed by atoms with E-state index in [1.54, 1.807) is 24.3 Å². The number of hydrogen-bond donors (Lipinski definition) is 2. The largest absolute Gasteiger partial charge is 0.490 e. The van der Waals surface area contributed by atoms with E-state index in [1.807, 2.05) is 12.1 Å². The minimum absolute atomic E-state index is 0.0457. The zero-order chi connectivity index (χ0) is 24.5. The molecule has 0 radical (unpaired) electrons. The Morgan fingerprint density at radius 2 is 1.74 bits per heavy atom. The Bertz CT molecular complexity index is 1060. The van der Waals surface area contributed by atoms with Gasteiger partial charge in [0.25, 0.3) is 0 Å². The van der Waals surface area contributed by atoms with Crippen LogP contribution in [0.3, 0.4) is 0 Å². The van der Waals surface area contributed by atoms with Gasteiger partial charge in [0, 0.05) is 37.3 Å². The topological polar surface area (TPSA) is 65.0 Å². The Morgan fingerprint density at radius 3 is 2.32 bits per heavy atom. The van der Waals surface area contributed by atoms with Gasteiger partial charge in [0.1, 0.15) is 17.9 Å². The Hall–Kier alpha value is -3.20. The lowest BCUT2D eigenvalue weighted by Crippen LogP contribution is -2.45. The molecule has 2 aliphatic heterocycles. The number of nitrogens with one attached hydrogen (secondary N) is 1. The molecule has 2 aliphatic rings. The molecule has 6 nitrogen and oxygen atoms in total. The highest BCUT2D eigenvalue weighted by Crippen LogP contribution is 2.36. The van der Waals surface area contributed by atoms with Crippen LogP contribution in [0.2, 0.25) is 0 Å². The van der Waals surface area contributed by atoms with Crippen molar-refractivity contribution in [3.05, 3.63) is 65.4 Å². The number of benzene rings is 2. The van der Waals surface area contributed by atoms with Gasteiger partial charge in [-0.2, -0.15) is 13.2 Å². The Kier molecular flexibility index (Phi) is 6.74. The van der Waals surface area contributed by atoms with Gasteiger partial charge in [-0.15, -0.1) is 0 Å². The van der Waals surface area contributed by atoms with Gasteiger partial charge in [-0.05, 0) is 55.3 Å². The SMILES string of the molecule is CC1=C(CC(=O)O)N(c2ccc(OC3CCN(c4ccccc4C)CC3)cc2)NC1C(F)(F)F. The molecule has 1 atom stereocenters. The number of piperidine rings is 1. The van der Waals surface area contributed by atoms with E-state index >= 15 is 0 Å². The number of ether oxygens (including phenoxy) is 1. The zero-order valence-corrected chi connectivity index (χ0v) is 19.1. The number of para-hydroxylation sites is 1. The predicted molar refractivity (Wildman–Crippen MR) is 124 cm³/mol. The fourth-order valence-corrected chi connectivity index (χ4v) is 4.56. The maximum atomic E-state index is 13.4. The Labute approximate surface area is 196 Å². The second-order valence-corrected chi connectivity index (χ2v) is 8.72. The van der Waals surface area contributed by atoms with Gasteiger partial charge in [0.2, 0.25) is 0 Å². The highest BCUT2D eigenvalue weighted by Gasteiger charge is 2.47. The summed E-state index contributed by atoms with van der Waals surface area (Å²) in [4.78, 5) is 13.6. The van der Waals surface area contributed by atoms with E-state index in [0.29, 0.717) is 11.4 Å². The van der Waals surface area contributed by atoms with Crippen LogP contribution in [-0.2, 0) is 4.79 Å². The van der Waals surface area contributed by atoms with Gasteiger partial charge in [-0.25, -0.2) is 5.43 Å². The summed E-state index contributed by atoms with van der Waals surface area (Å²) in [7, 11) is 0. The molecular weight excluding hydrogens is 447 g/mol. The number of carbonyl (C=O) groups is 1. The van der Waals surface area contributed by atoms with Crippen molar-refractivity contribution >= 4 is 17.3 Å². The van der Waals surface area contributed by atoms with E-state index in [1.165, 1.54) is 23.2 Å².